The molecule has 2 rings (SSSR count). The Morgan fingerprint density at radius 3 is 2.57 bits per heavy atom. The van der Waals surface area contributed by atoms with Gasteiger partial charge in [0.15, 0.2) is 0 Å². The summed E-state index contributed by atoms with van der Waals surface area (Å²) in [5.74, 6) is 0.832. The molecule has 112 valence electrons. The fourth-order valence-electron chi connectivity index (χ4n) is 2.36. The maximum Gasteiger partial charge on any atom is 0.137 e. The Kier molecular flexibility index (Phi) is 5.34. The lowest BCUT2D eigenvalue weighted by molar-refractivity contribution is 0.315. The maximum atomic E-state index is 5.68. The molecular formula is C18H24N2O. The number of pyridine rings is 1. The normalized spacial score (nSPS) is 12.2. The number of rotatable bonds is 6. The van der Waals surface area contributed by atoms with E-state index in [0.717, 1.165) is 24.3 Å². The van der Waals surface area contributed by atoms with Crippen LogP contribution < -0.4 is 10.1 Å². The van der Waals surface area contributed by atoms with Crippen molar-refractivity contribution in [3.63, 3.8) is 0 Å². The van der Waals surface area contributed by atoms with Gasteiger partial charge in [0.05, 0.1) is 18.8 Å². The molecular weight excluding hydrogens is 260 g/mol. The van der Waals surface area contributed by atoms with Gasteiger partial charge in [0.25, 0.3) is 0 Å². The van der Waals surface area contributed by atoms with E-state index in [1.165, 1.54) is 16.7 Å². The molecule has 0 bridgehead atoms. The lowest BCUT2D eigenvalue weighted by Crippen LogP contribution is -2.18. The minimum absolute atomic E-state index is 0.127. The van der Waals surface area contributed by atoms with Crippen LogP contribution in [0.3, 0.4) is 0 Å². The van der Waals surface area contributed by atoms with E-state index in [1.807, 2.05) is 13.2 Å². The van der Waals surface area contributed by atoms with Gasteiger partial charge in [0.1, 0.15) is 5.75 Å². The second-order valence-electron chi connectivity index (χ2n) is 5.37. The third-order valence-electron chi connectivity index (χ3n) is 3.69. The van der Waals surface area contributed by atoms with E-state index in [2.05, 4.69) is 55.3 Å². The van der Waals surface area contributed by atoms with Gasteiger partial charge in [-0.05, 0) is 55.6 Å². The van der Waals surface area contributed by atoms with Crippen molar-refractivity contribution in [3.8, 4) is 5.75 Å². The number of hydrogen-bond donors (Lipinski definition) is 1. The van der Waals surface area contributed by atoms with Gasteiger partial charge in [0, 0.05) is 6.20 Å². The summed E-state index contributed by atoms with van der Waals surface area (Å²) in [6.07, 6.45) is 4.66. The highest BCUT2D eigenvalue weighted by Gasteiger charge is 2.13. The molecule has 0 radical (unpaired) electrons. The first kappa shape index (κ1) is 15.5. The summed E-state index contributed by atoms with van der Waals surface area (Å²) in [5, 5.41) is 3.37. The van der Waals surface area contributed by atoms with Crippen LogP contribution in [-0.2, 0) is 0 Å². The van der Waals surface area contributed by atoms with Crippen LogP contribution in [0, 0.1) is 13.8 Å². The van der Waals surface area contributed by atoms with Gasteiger partial charge in [-0.25, -0.2) is 0 Å². The molecule has 0 spiro atoms. The lowest BCUT2D eigenvalue weighted by atomic mass is 9.97. The first-order valence-corrected chi connectivity index (χ1v) is 7.48. The number of aryl methyl sites for hydroxylation is 2. The van der Waals surface area contributed by atoms with Crippen LogP contribution in [0.15, 0.2) is 36.7 Å². The summed E-state index contributed by atoms with van der Waals surface area (Å²) in [4.78, 5) is 4.31. The zero-order valence-corrected chi connectivity index (χ0v) is 13.3. The molecule has 0 amide bonds. The Bertz CT molecular complexity index is 596. The van der Waals surface area contributed by atoms with E-state index < -0.39 is 0 Å². The Labute approximate surface area is 127 Å². The minimum atomic E-state index is 0.127. The van der Waals surface area contributed by atoms with E-state index in [-0.39, 0.29) is 6.04 Å². The highest BCUT2D eigenvalue weighted by molar-refractivity contribution is 5.38. The zero-order chi connectivity index (χ0) is 15.2. The zero-order valence-electron chi connectivity index (χ0n) is 13.3. The summed E-state index contributed by atoms with van der Waals surface area (Å²) >= 11 is 0. The molecule has 1 aromatic heterocycles. The van der Waals surface area contributed by atoms with Crippen molar-refractivity contribution in [1.82, 2.24) is 10.3 Å². The van der Waals surface area contributed by atoms with Crippen LogP contribution in [0.4, 0.5) is 0 Å². The average Bonchev–Trinajstić information content (AvgIpc) is 2.50. The van der Waals surface area contributed by atoms with E-state index in [4.69, 9.17) is 4.74 Å². The van der Waals surface area contributed by atoms with Crippen molar-refractivity contribution in [2.24, 2.45) is 0 Å². The third kappa shape index (κ3) is 3.82. The molecule has 3 heteroatoms. The molecule has 1 N–H and O–H groups in total. The van der Waals surface area contributed by atoms with Gasteiger partial charge in [-0.15, -0.1) is 0 Å². The van der Waals surface area contributed by atoms with Crippen molar-refractivity contribution < 1.29 is 4.74 Å². The SMILES string of the molecule is CCCOc1cncc(C(NC)c2ccc(C)c(C)c2)c1. The van der Waals surface area contributed by atoms with Gasteiger partial charge >= 0.3 is 0 Å². The number of ether oxygens (including phenoxy) is 1. The Balaban J connectivity index is 2.30. The minimum Gasteiger partial charge on any atom is -0.492 e. The summed E-state index contributed by atoms with van der Waals surface area (Å²) in [6.45, 7) is 7.10. The van der Waals surface area contributed by atoms with Crippen molar-refractivity contribution in [3.05, 3.63) is 58.9 Å². The van der Waals surface area contributed by atoms with E-state index in [0.29, 0.717) is 0 Å². The first-order chi connectivity index (χ1) is 10.2. The standard InChI is InChI=1S/C18H24N2O/c1-5-8-21-17-10-16(11-20-12-17)18(19-4)15-7-6-13(2)14(3)9-15/h6-7,9-12,18-19H,5,8H2,1-4H3. The number of nitrogens with one attached hydrogen (secondary N) is 1. The van der Waals surface area contributed by atoms with Gasteiger partial charge in [-0.1, -0.05) is 25.1 Å². The van der Waals surface area contributed by atoms with Gasteiger partial charge < -0.3 is 10.1 Å². The molecule has 1 unspecified atom stereocenters. The average molecular weight is 284 g/mol. The van der Waals surface area contributed by atoms with Crippen molar-refractivity contribution >= 4 is 0 Å². The van der Waals surface area contributed by atoms with Crippen LogP contribution in [0.1, 0.15) is 41.6 Å². The molecule has 0 aliphatic heterocycles. The second kappa shape index (κ2) is 7.23. The van der Waals surface area contributed by atoms with Crippen molar-refractivity contribution in [1.29, 1.82) is 0 Å². The Morgan fingerprint density at radius 1 is 1.10 bits per heavy atom. The van der Waals surface area contributed by atoms with Crippen molar-refractivity contribution in [2.75, 3.05) is 13.7 Å². The molecule has 2 aromatic rings. The lowest BCUT2D eigenvalue weighted by Gasteiger charge is -2.19. The Morgan fingerprint density at radius 2 is 1.90 bits per heavy atom. The van der Waals surface area contributed by atoms with E-state index in [9.17, 15) is 0 Å². The molecule has 1 aromatic carbocycles. The monoisotopic (exact) mass is 284 g/mol. The largest absolute Gasteiger partial charge is 0.492 e. The van der Waals surface area contributed by atoms with Crippen molar-refractivity contribution in [2.45, 2.75) is 33.2 Å². The maximum absolute atomic E-state index is 5.68. The number of aromatic nitrogens is 1. The molecule has 0 saturated heterocycles. The van der Waals surface area contributed by atoms with Crippen LogP contribution in [-0.4, -0.2) is 18.6 Å². The highest BCUT2D eigenvalue weighted by atomic mass is 16.5. The fourth-order valence-corrected chi connectivity index (χ4v) is 2.36. The van der Waals surface area contributed by atoms with Gasteiger partial charge in [0.2, 0.25) is 0 Å². The molecule has 1 heterocycles. The number of benzene rings is 1. The van der Waals surface area contributed by atoms with E-state index >= 15 is 0 Å². The first-order valence-electron chi connectivity index (χ1n) is 7.48. The summed E-state index contributed by atoms with van der Waals surface area (Å²) in [5.41, 5.74) is 4.98. The van der Waals surface area contributed by atoms with Gasteiger partial charge in [-0.3, -0.25) is 4.98 Å². The molecule has 0 saturated carbocycles. The van der Waals surface area contributed by atoms with Gasteiger partial charge in [-0.2, -0.15) is 0 Å². The molecule has 21 heavy (non-hydrogen) atoms. The highest BCUT2D eigenvalue weighted by Crippen LogP contribution is 2.25. The van der Waals surface area contributed by atoms with Crippen LogP contribution in [0.5, 0.6) is 5.75 Å². The quantitative estimate of drug-likeness (QED) is 0.876. The molecule has 1 atom stereocenters. The predicted molar refractivity (Wildman–Crippen MR) is 86.8 cm³/mol. The third-order valence-corrected chi connectivity index (χ3v) is 3.69. The summed E-state index contributed by atoms with van der Waals surface area (Å²) in [6, 6.07) is 8.76. The van der Waals surface area contributed by atoms with Crippen LogP contribution >= 0.6 is 0 Å². The Hall–Kier alpha value is -1.87. The molecule has 0 fully saturated rings. The number of hydrogen-bond acceptors (Lipinski definition) is 3. The summed E-state index contributed by atoms with van der Waals surface area (Å²) in [7, 11) is 1.97. The molecule has 0 aliphatic carbocycles. The fraction of sp³-hybridized carbons (Fsp3) is 0.389. The smallest absolute Gasteiger partial charge is 0.137 e. The topological polar surface area (TPSA) is 34.1 Å². The predicted octanol–water partition coefficient (Wildman–Crippen LogP) is 3.80. The molecule has 0 aliphatic rings. The summed E-state index contributed by atoms with van der Waals surface area (Å²) < 4.78 is 5.68. The van der Waals surface area contributed by atoms with Crippen LogP contribution in [0.2, 0.25) is 0 Å². The molecule has 3 nitrogen and oxygen atoms in total. The number of nitrogens with zero attached hydrogens (tertiary/aromatic N) is 1. The second-order valence-corrected chi connectivity index (χ2v) is 5.37. The van der Waals surface area contributed by atoms with E-state index in [1.54, 1.807) is 6.20 Å². The van der Waals surface area contributed by atoms with Crippen LogP contribution in [0.25, 0.3) is 0 Å².